The number of thioether (sulfide) groups is 1. The Morgan fingerprint density at radius 3 is 2.68 bits per heavy atom. The Balaban J connectivity index is 1.63. The summed E-state index contributed by atoms with van der Waals surface area (Å²) in [5, 5.41) is 12.0. The van der Waals surface area contributed by atoms with Crippen LogP contribution < -0.4 is 5.32 Å². The monoisotopic (exact) mass is 515 g/mol. The van der Waals surface area contributed by atoms with Crippen molar-refractivity contribution in [3.63, 3.8) is 0 Å². The molecule has 0 aliphatic heterocycles. The first-order valence-corrected chi connectivity index (χ1v) is 13.0. The predicted molar refractivity (Wildman–Crippen MR) is 127 cm³/mol. The molecule has 2 aromatic rings. The molecule has 1 fully saturated rings. The number of urea groups is 1. The maximum Gasteiger partial charge on any atom is 0.416 e. The van der Waals surface area contributed by atoms with Crippen molar-refractivity contribution in [2.24, 2.45) is 5.92 Å². The number of nitrogens with zero attached hydrogens (tertiary/aromatic N) is 2. The molecule has 186 valence electrons. The number of nitrogens with one attached hydrogen (secondary N) is 1. The molecule has 3 rings (SSSR count). The van der Waals surface area contributed by atoms with Gasteiger partial charge in [0, 0.05) is 12.6 Å². The van der Waals surface area contributed by atoms with Gasteiger partial charge in [0.2, 0.25) is 0 Å². The summed E-state index contributed by atoms with van der Waals surface area (Å²) in [5.74, 6) is -0.404. The van der Waals surface area contributed by atoms with Crippen molar-refractivity contribution in [2.75, 3.05) is 17.6 Å². The minimum Gasteiger partial charge on any atom is -0.481 e. The van der Waals surface area contributed by atoms with Gasteiger partial charge in [-0.25, -0.2) is 9.78 Å². The number of alkyl halides is 3. The Labute approximate surface area is 204 Å². The number of rotatable bonds is 9. The maximum absolute atomic E-state index is 13.1. The number of thiazole rings is 1. The molecule has 34 heavy (non-hydrogen) atoms. The van der Waals surface area contributed by atoms with Crippen LogP contribution in [0.5, 0.6) is 0 Å². The number of carbonyl (C=O) groups is 2. The zero-order valence-electron chi connectivity index (χ0n) is 18.8. The summed E-state index contributed by atoms with van der Waals surface area (Å²) in [6, 6.07) is 5.09. The molecule has 0 saturated heterocycles. The van der Waals surface area contributed by atoms with Crippen molar-refractivity contribution in [1.82, 2.24) is 9.88 Å². The normalized spacial score (nSPS) is 18.5. The molecule has 0 unspecified atom stereocenters. The lowest BCUT2D eigenvalue weighted by molar-refractivity contribution is -0.137. The van der Waals surface area contributed by atoms with Crippen LogP contribution >= 0.6 is 23.1 Å². The fourth-order valence-corrected chi connectivity index (χ4v) is 5.62. The number of benzene rings is 1. The number of aliphatic carboxylic acids is 1. The number of carbonyl (C=O) groups excluding carboxylic acids is 1. The van der Waals surface area contributed by atoms with Crippen molar-refractivity contribution in [1.29, 1.82) is 0 Å². The number of anilines is 1. The molecule has 11 heteroatoms. The smallest absolute Gasteiger partial charge is 0.416 e. The zero-order chi connectivity index (χ0) is 24.7. The van der Waals surface area contributed by atoms with Crippen molar-refractivity contribution < 1.29 is 27.9 Å². The quantitative estimate of drug-likeness (QED) is 0.379. The van der Waals surface area contributed by atoms with E-state index in [9.17, 15) is 22.8 Å². The van der Waals surface area contributed by atoms with E-state index in [0.717, 1.165) is 43.5 Å². The van der Waals surface area contributed by atoms with E-state index in [1.54, 1.807) is 11.0 Å². The molecule has 6 nitrogen and oxygen atoms in total. The summed E-state index contributed by atoms with van der Waals surface area (Å²) < 4.78 is 39.7. The zero-order valence-corrected chi connectivity index (χ0v) is 20.4. The Kier molecular flexibility index (Phi) is 9.24. The molecule has 0 bridgehead atoms. The van der Waals surface area contributed by atoms with Crippen molar-refractivity contribution in [2.45, 2.75) is 61.9 Å². The van der Waals surface area contributed by atoms with Crippen molar-refractivity contribution in [3.8, 4) is 0 Å². The Bertz CT molecular complexity index is 976. The Hall–Kier alpha value is -2.27. The average Bonchev–Trinajstić information content (AvgIpc) is 3.23. The van der Waals surface area contributed by atoms with Crippen molar-refractivity contribution in [3.05, 3.63) is 41.6 Å². The molecule has 0 atom stereocenters. The van der Waals surface area contributed by atoms with Crippen LogP contribution in [-0.2, 0) is 17.4 Å². The first-order chi connectivity index (χ1) is 16.1. The molecule has 1 heterocycles. The largest absolute Gasteiger partial charge is 0.481 e. The second-order valence-electron chi connectivity index (χ2n) is 8.51. The van der Waals surface area contributed by atoms with E-state index in [4.69, 9.17) is 5.11 Å². The van der Waals surface area contributed by atoms with Crippen LogP contribution in [0.4, 0.5) is 23.1 Å². The third kappa shape index (κ3) is 7.90. The number of hydrogen-bond donors (Lipinski definition) is 2. The summed E-state index contributed by atoms with van der Waals surface area (Å²) in [5.41, 5.74) is -0.0753. The first-order valence-electron chi connectivity index (χ1n) is 11.2. The lowest BCUT2D eigenvalue weighted by atomic mass is 9.86. The summed E-state index contributed by atoms with van der Waals surface area (Å²) in [6.07, 6.45) is 1.95. The second kappa shape index (κ2) is 11.9. The molecule has 0 radical (unpaired) electrons. The molecule has 0 spiro atoms. The van der Waals surface area contributed by atoms with Gasteiger partial charge < -0.3 is 10.0 Å². The summed E-state index contributed by atoms with van der Waals surface area (Å²) in [4.78, 5) is 29.8. The van der Waals surface area contributed by atoms with E-state index in [2.05, 4.69) is 17.2 Å². The minimum absolute atomic E-state index is 0.0681. The van der Waals surface area contributed by atoms with Crippen LogP contribution in [0.1, 0.15) is 50.2 Å². The summed E-state index contributed by atoms with van der Waals surface area (Å²) in [7, 11) is 0. The number of hydrogen-bond acceptors (Lipinski definition) is 5. The minimum atomic E-state index is -4.38. The van der Waals surface area contributed by atoms with Crippen LogP contribution in [-0.4, -0.2) is 45.3 Å². The molecule has 1 aliphatic rings. The van der Waals surface area contributed by atoms with Crippen LogP contribution in [0, 0.1) is 5.92 Å². The van der Waals surface area contributed by atoms with Gasteiger partial charge in [-0.15, -0.1) is 11.8 Å². The maximum atomic E-state index is 13.1. The van der Waals surface area contributed by atoms with Gasteiger partial charge in [0.1, 0.15) is 0 Å². The Morgan fingerprint density at radius 1 is 1.26 bits per heavy atom. The number of carboxylic acids is 1. The van der Waals surface area contributed by atoms with Gasteiger partial charge in [0.25, 0.3) is 0 Å². The van der Waals surface area contributed by atoms with E-state index < -0.39 is 17.7 Å². The van der Waals surface area contributed by atoms with Gasteiger partial charge in [0.15, 0.2) is 5.13 Å². The van der Waals surface area contributed by atoms with E-state index in [1.165, 1.54) is 29.7 Å². The van der Waals surface area contributed by atoms with Crippen LogP contribution in [0.25, 0.3) is 0 Å². The second-order valence-corrected chi connectivity index (χ2v) is 10.8. The topological polar surface area (TPSA) is 82.5 Å². The van der Waals surface area contributed by atoms with Gasteiger partial charge in [-0.2, -0.15) is 13.2 Å². The average molecular weight is 516 g/mol. The van der Waals surface area contributed by atoms with E-state index in [0.29, 0.717) is 40.2 Å². The lowest BCUT2D eigenvalue weighted by Crippen LogP contribution is -2.45. The van der Waals surface area contributed by atoms with Gasteiger partial charge in [0.05, 0.1) is 21.7 Å². The fourth-order valence-electron chi connectivity index (χ4n) is 4.04. The highest BCUT2D eigenvalue weighted by molar-refractivity contribution is 8.01. The molecular formula is C23H28F3N3O3S2. The highest BCUT2D eigenvalue weighted by Gasteiger charge is 2.31. The fraction of sp³-hybridized carbons (Fsp3) is 0.522. The Morgan fingerprint density at radius 2 is 2.00 bits per heavy atom. The molecule has 1 aliphatic carbocycles. The number of aromatic nitrogens is 1. The van der Waals surface area contributed by atoms with E-state index >= 15 is 0 Å². The standard InChI is InChI=1S/C23H28F3N3O3S2/c1-15-7-9-18(10-8-15)29(11-3-5-16-4-2-6-17(12-16)23(24,25)26)22(32)28-21-27-13-20(34-21)33-14-19(30)31/h2,4,6,12-13,15,18H,3,5,7-11,14H2,1H3,(H,30,31)(H,27,28,32). The highest BCUT2D eigenvalue weighted by atomic mass is 32.2. The number of amides is 2. The van der Waals surface area contributed by atoms with Gasteiger partial charge in [-0.1, -0.05) is 36.5 Å². The number of aryl methyl sites for hydroxylation is 1. The molecule has 1 aromatic heterocycles. The van der Waals surface area contributed by atoms with Crippen LogP contribution in [0.3, 0.4) is 0 Å². The third-order valence-corrected chi connectivity index (χ3v) is 7.93. The van der Waals surface area contributed by atoms with E-state index in [1.807, 2.05) is 0 Å². The van der Waals surface area contributed by atoms with Gasteiger partial charge in [-0.05, 0) is 56.1 Å². The van der Waals surface area contributed by atoms with Crippen molar-refractivity contribution >= 4 is 40.2 Å². The molecular weight excluding hydrogens is 487 g/mol. The van der Waals surface area contributed by atoms with Crippen LogP contribution in [0.2, 0.25) is 0 Å². The molecule has 1 aromatic carbocycles. The highest BCUT2D eigenvalue weighted by Crippen LogP contribution is 2.31. The summed E-state index contributed by atoms with van der Waals surface area (Å²) in [6.45, 7) is 2.62. The van der Waals surface area contributed by atoms with E-state index in [-0.39, 0.29) is 17.8 Å². The van der Waals surface area contributed by atoms with Gasteiger partial charge in [-0.3, -0.25) is 10.1 Å². The molecule has 2 amide bonds. The first kappa shape index (κ1) is 26.3. The number of carboxylic acid groups (broad SMARTS) is 1. The summed E-state index contributed by atoms with van der Waals surface area (Å²) >= 11 is 2.35. The van der Waals surface area contributed by atoms with Crippen LogP contribution in [0.15, 0.2) is 34.7 Å². The number of halogens is 3. The van der Waals surface area contributed by atoms with Gasteiger partial charge >= 0.3 is 18.2 Å². The SMILES string of the molecule is CC1CCC(N(CCCc2cccc(C(F)(F)F)c2)C(=O)Nc2ncc(SCC(=O)O)s2)CC1. The molecule has 2 N–H and O–H groups in total. The third-order valence-electron chi connectivity index (χ3n) is 5.84. The molecule has 1 saturated carbocycles. The lowest BCUT2D eigenvalue weighted by Gasteiger charge is -2.36. The predicted octanol–water partition coefficient (Wildman–Crippen LogP) is 6.38.